The first kappa shape index (κ1) is 36.7. The first-order chi connectivity index (χ1) is 22.1. The van der Waals surface area contributed by atoms with Crippen LogP contribution in [0.2, 0.25) is 0 Å². The molecule has 16 nitrogen and oxygen atoms in total. The highest BCUT2D eigenvalue weighted by Crippen LogP contribution is 2.45. The summed E-state index contributed by atoms with van der Waals surface area (Å²) < 4.78 is 43.3. The summed E-state index contributed by atoms with van der Waals surface area (Å²) in [5.74, 6) is -2.82. The van der Waals surface area contributed by atoms with Gasteiger partial charge in [0, 0.05) is 17.9 Å². The molecule has 3 aliphatic rings. The Morgan fingerprint density at radius 2 is 1.73 bits per heavy atom. The molecule has 4 rings (SSSR count). The maximum Gasteiger partial charge on any atom is 0.414 e. The van der Waals surface area contributed by atoms with Gasteiger partial charge in [0.25, 0.3) is 5.91 Å². The number of amides is 5. The van der Waals surface area contributed by atoms with Gasteiger partial charge in [0.1, 0.15) is 29.3 Å². The minimum Gasteiger partial charge on any atom is -0.444 e. The molecular formula is C31H46N6O10S. The van der Waals surface area contributed by atoms with E-state index in [-0.39, 0.29) is 25.3 Å². The van der Waals surface area contributed by atoms with Gasteiger partial charge in [-0.3, -0.25) is 24.4 Å². The molecule has 266 valence electrons. The van der Waals surface area contributed by atoms with Crippen molar-refractivity contribution in [2.24, 2.45) is 11.3 Å². The normalized spacial score (nSPS) is 24.6. The van der Waals surface area contributed by atoms with Gasteiger partial charge in [0.2, 0.25) is 27.7 Å². The second kappa shape index (κ2) is 13.0. The number of carbonyl (C=O) groups is 5. The average molecular weight is 695 g/mol. The minimum absolute atomic E-state index is 0.0744. The number of ether oxygens (including phenoxy) is 2. The highest BCUT2D eigenvalue weighted by atomic mass is 32.2. The number of nitrogens with one attached hydrogen (secondary N) is 4. The van der Waals surface area contributed by atoms with Crippen LogP contribution >= 0.6 is 0 Å². The van der Waals surface area contributed by atoms with Crippen LogP contribution < -0.4 is 20.7 Å². The molecule has 3 fully saturated rings. The van der Waals surface area contributed by atoms with Crippen molar-refractivity contribution < 1.29 is 46.4 Å². The molecular weight excluding hydrogens is 648 g/mol. The minimum atomic E-state index is -3.92. The van der Waals surface area contributed by atoms with E-state index in [1.165, 1.54) is 11.0 Å². The number of hydrogen-bond donors (Lipinski definition) is 4. The standard InChI is InChI=1S/C31H46N6O10S/c1-10-18-14-31(18,26(40)36-48(43,44)20-11-12-20)34-23(38)21-13-19(45-27(41)33-24-16(2)17(3)35-47-24)15-37(21)25(39)22(29(4,5)6)32-28(42)46-30(7,8)9/h10,18-22H,1,11-15H2,2-9H3,(H,32,42)(H,33,41)(H,34,38)(H,36,40). The zero-order valence-corrected chi connectivity index (χ0v) is 29.4. The highest BCUT2D eigenvalue weighted by molar-refractivity contribution is 7.91. The molecule has 2 aliphatic carbocycles. The predicted molar refractivity (Wildman–Crippen MR) is 172 cm³/mol. The fourth-order valence-electron chi connectivity index (χ4n) is 5.44. The van der Waals surface area contributed by atoms with Gasteiger partial charge in [0.15, 0.2) is 0 Å². The zero-order valence-electron chi connectivity index (χ0n) is 28.6. The maximum absolute atomic E-state index is 14.2. The van der Waals surface area contributed by atoms with Crippen LogP contribution in [0, 0.1) is 25.2 Å². The number of likely N-dealkylation sites (tertiary alicyclic amines) is 1. The van der Waals surface area contributed by atoms with Crippen molar-refractivity contribution in [2.45, 2.75) is 116 Å². The lowest BCUT2D eigenvalue weighted by Gasteiger charge is -2.36. The first-order valence-corrected chi connectivity index (χ1v) is 17.3. The summed E-state index contributed by atoms with van der Waals surface area (Å²) in [4.78, 5) is 68.3. The molecule has 1 aromatic rings. The van der Waals surface area contributed by atoms with E-state index in [0.717, 1.165) is 0 Å². The summed E-state index contributed by atoms with van der Waals surface area (Å²) in [6.07, 6.45) is -0.512. The van der Waals surface area contributed by atoms with E-state index in [2.05, 4.69) is 32.4 Å². The van der Waals surface area contributed by atoms with Crippen LogP contribution in [-0.4, -0.2) is 89.5 Å². The van der Waals surface area contributed by atoms with E-state index in [9.17, 15) is 32.4 Å². The van der Waals surface area contributed by atoms with Gasteiger partial charge < -0.3 is 29.5 Å². The molecule has 48 heavy (non-hydrogen) atoms. The van der Waals surface area contributed by atoms with Crippen molar-refractivity contribution in [1.29, 1.82) is 0 Å². The molecule has 0 spiro atoms. The third-order valence-corrected chi connectivity index (χ3v) is 10.3. The van der Waals surface area contributed by atoms with Gasteiger partial charge in [-0.2, -0.15) is 0 Å². The van der Waals surface area contributed by atoms with Crippen molar-refractivity contribution in [3.8, 4) is 0 Å². The molecule has 1 aromatic heterocycles. The van der Waals surface area contributed by atoms with Gasteiger partial charge in [-0.05, 0) is 59.3 Å². The van der Waals surface area contributed by atoms with Crippen molar-refractivity contribution in [3.05, 3.63) is 23.9 Å². The molecule has 5 unspecified atom stereocenters. The number of hydrogen-bond acceptors (Lipinski definition) is 11. The van der Waals surface area contributed by atoms with Crippen LogP contribution in [0.4, 0.5) is 15.5 Å². The predicted octanol–water partition coefficient (Wildman–Crippen LogP) is 2.42. The van der Waals surface area contributed by atoms with Crippen molar-refractivity contribution in [1.82, 2.24) is 25.4 Å². The van der Waals surface area contributed by atoms with Gasteiger partial charge in [-0.25, -0.2) is 18.0 Å². The van der Waals surface area contributed by atoms with Crippen molar-refractivity contribution >= 4 is 45.8 Å². The molecule has 17 heteroatoms. The maximum atomic E-state index is 14.2. The van der Waals surface area contributed by atoms with Gasteiger partial charge in [0.05, 0.1) is 17.5 Å². The van der Waals surface area contributed by atoms with Crippen LogP contribution in [0.5, 0.6) is 0 Å². The Hall–Kier alpha value is -4.15. The average Bonchev–Trinajstić information content (AvgIpc) is 3.86. The lowest BCUT2D eigenvalue weighted by Crippen LogP contribution is -2.60. The third kappa shape index (κ3) is 8.28. The Balaban J connectivity index is 1.59. The second-order valence-corrected chi connectivity index (χ2v) is 16.7. The molecule has 0 aromatic carbocycles. The van der Waals surface area contributed by atoms with Crippen LogP contribution in [0.1, 0.15) is 78.5 Å². The first-order valence-electron chi connectivity index (χ1n) is 15.8. The van der Waals surface area contributed by atoms with Gasteiger partial charge in [-0.1, -0.05) is 32.0 Å². The van der Waals surface area contributed by atoms with E-state index in [0.29, 0.717) is 24.1 Å². The Morgan fingerprint density at radius 1 is 1.08 bits per heavy atom. The summed E-state index contributed by atoms with van der Waals surface area (Å²) in [6, 6.07) is -2.46. The fraction of sp³-hybridized carbons (Fsp3) is 0.677. The van der Waals surface area contributed by atoms with E-state index in [1.54, 1.807) is 55.4 Å². The quantitative estimate of drug-likeness (QED) is 0.261. The summed E-state index contributed by atoms with van der Waals surface area (Å²) in [5.41, 5.74) is -2.18. The number of rotatable bonds is 10. The van der Waals surface area contributed by atoms with Crippen LogP contribution in [0.3, 0.4) is 0 Å². The summed E-state index contributed by atoms with van der Waals surface area (Å²) in [7, 11) is -3.92. The van der Waals surface area contributed by atoms with Crippen molar-refractivity contribution in [2.75, 3.05) is 11.9 Å². The Kier molecular flexibility index (Phi) is 9.97. The Labute approximate surface area is 280 Å². The molecule has 1 saturated heterocycles. The molecule has 1 aliphatic heterocycles. The fourth-order valence-corrected chi connectivity index (χ4v) is 6.80. The van der Waals surface area contributed by atoms with Crippen LogP contribution in [0.15, 0.2) is 17.2 Å². The molecule has 0 radical (unpaired) electrons. The number of aromatic nitrogens is 1. The number of aryl methyl sites for hydroxylation is 1. The molecule has 2 saturated carbocycles. The number of sulfonamides is 1. The van der Waals surface area contributed by atoms with E-state index in [1.807, 2.05) is 0 Å². The van der Waals surface area contributed by atoms with Crippen LogP contribution in [-0.2, 0) is 33.9 Å². The van der Waals surface area contributed by atoms with E-state index in [4.69, 9.17) is 14.0 Å². The molecule has 5 atom stereocenters. The van der Waals surface area contributed by atoms with E-state index >= 15 is 0 Å². The summed E-state index contributed by atoms with van der Waals surface area (Å²) in [5, 5.41) is 10.9. The Morgan fingerprint density at radius 3 is 2.23 bits per heavy atom. The van der Waals surface area contributed by atoms with Gasteiger partial charge >= 0.3 is 12.2 Å². The van der Waals surface area contributed by atoms with Crippen molar-refractivity contribution in [3.63, 3.8) is 0 Å². The molecule has 0 bridgehead atoms. The van der Waals surface area contributed by atoms with Crippen LogP contribution in [0.25, 0.3) is 0 Å². The Bertz CT molecular complexity index is 1590. The topological polar surface area (TPSA) is 215 Å². The second-order valence-electron chi connectivity index (χ2n) is 14.7. The molecule has 2 heterocycles. The lowest BCUT2D eigenvalue weighted by atomic mass is 9.85. The molecule has 5 amide bonds. The third-order valence-electron chi connectivity index (χ3n) is 8.52. The monoisotopic (exact) mass is 694 g/mol. The summed E-state index contributed by atoms with van der Waals surface area (Å²) in [6.45, 7) is 17.0. The number of nitrogens with zero attached hydrogens (tertiary/aromatic N) is 2. The van der Waals surface area contributed by atoms with E-state index < -0.39 is 85.8 Å². The summed E-state index contributed by atoms with van der Waals surface area (Å²) >= 11 is 0. The smallest absolute Gasteiger partial charge is 0.414 e. The number of alkyl carbamates (subject to hydrolysis) is 1. The number of anilines is 1. The van der Waals surface area contributed by atoms with Gasteiger partial charge in [-0.15, -0.1) is 6.58 Å². The SMILES string of the molecule is C=CC1CC1(NC(=O)C1CC(OC(=O)Nc2onc(C)c2C)CN1C(=O)C(NC(=O)OC(C)(C)C)C(C)(C)C)C(=O)NS(=O)(=O)C1CC1. The lowest BCUT2D eigenvalue weighted by molar-refractivity contribution is -0.143. The number of carbonyl (C=O) groups excluding carboxylic acids is 5. The zero-order chi connectivity index (χ0) is 36.0. The highest BCUT2D eigenvalue weighted by Gasteiger charge is 2.62. The largest absolute Gasteiger partial charge is 0.444 e. The molecule has 4 N–H and O–H groups in total.